The van der Waals surface area contributed by atoms with Crippen LogP contribution in [0.2, 0.25) is 0 Å². The number of hydrogen-bond acceptors (Lipinski definition) is 5. The Morgan fingerprint density at radius 2 is 1.93 bits per heavy atom. The molecule has 1 fully saturated rings. The average Bonchev–Trinajstić information content (AvgIpc) is 2.57. The third-order valence-electron chi connectivity index (χ3n) is 4.85. The molecule has 1 saturated heterocycles. The number of aromatic amines is 1. The van der Waals surface area contributed by atoms with E-state index >= 15 is 0 Å². The van der Waals surface area contributed by atoms with Crippen LogP contribution in [0.15, 0.2) is 9.59 Å². The number of nitrogen functional groups attached to an aromatic ring is 1. The van der Waals surface area contributed by atoms with E-state index in [4.69, 9.17) is 10.5 Å². The smallest absolute Gasteiger partial charge is 0.330 e. The van der Waals surface area contributed by atoms with Crippen molar-refractivity contribution in [2.45, 2.75) is 59.3 Å². The largest absolute Gasteiger partial charge is 0.383 e. The zero-order valence-electron chi connectivity index (χ0n) is 16.7. The van der Waals surface area contributed by atoms with E-state index in [9.17, 15) is 14.4 Å². The molecule has 4 N–H and O–H groups in total. The Bertz CT molecular complexity index is 762. The molecular formula is C18H32N5O4+. The van der Waals surface area contributed by atoms with Crippen molar-refractivity contribution in [3.8, 4) is 0 Å². The first-order valence-corrected chi connectivity index (χ1v) is 9.70. The minimum atomic E-state index is -0.626. The van der Waals surface area contributed by atoms with Gasteiger partial charge in [0, 0.05) is 13.1 Å². The van der Waals surface area contributed by atoms with Gasteiger partial charge in [-0.05, 0) is 27.2 Å². The molecule has 9 nitrogen and oxygen atoms in total. The molecule has 0 unspecified atom stereocenters. The van der Waals surface area contributed by atoms with Gasteiger partial charge in [-0.2, -0.15) is 0 Å². The van der Waals surface area contributed by atoms with Crippen LogP contribution in [0.25, 0.3) is 0 Å². The Labute approximate surface area is 159 Å². The summed E-state index contributed by atoms with van der Waals surface area (Å²) in [4.78, 5) is 42.2. The van der Waals surface area contributed by atoms with Crippen LogP contribution in [0.5, 0.6) is 0 Å². The number of rotatable bonds is 7. The Hall–Kier alpha value is -2.13. The topological polar surface area (TPSA) is 115 Å². The number of aromatic nitrogens is 2. The first-order valence-electron chi connectivity index (χ1n) is 9.70. The van der Waals surface area contributed by atoms with Crippen molar-refractivity contribution in [3.63, 3.8) is 0 Å². The van der Waals surface area contributed by atoms with E-state index in [1.165, 1.54) is 9.47 Å². The summed E-state index contributed by atoms with van der Waals surface area (Å²) >= 11 is 0. The third kappa shape index (κ3) is 4.98. The number of morpholine rings is 1. The minimum Gasteiger partial charge on any atom is -0.383 e. The van der Waals surface area contributed by atoms with Gasteiger partial charge in [0.1, 0.15) is 31.1 Å². The first kappa shape index (κ1) is 21.2. The summed E-state index contributed by atoms with van der Waals surface area (Å²) in [5.41, 5.74) is 5.03. The number of nitrogens with two attached hydrogens (primary N) is 1. The van der Waals surface area contributed by atoms with Gasteiger partial charge < -0.3 is 15.4 Å². The predicted molar refractivity (Wildman–Crippen MR) is 104 cm³/mol. The number of nitrogens with one attached hydrogen (secondary N) is 2. The highest BCUT2D eigenvalue weighted by molar-refractivity contribution is 5.96. The second kappa shape index (κ2) is 9.18. The molecule has 0 bridgehead atoms. The molecule has 0 aliphatic carbocycles. The van der Waals surface area contributed by atoms with Gasteiger partial charge in [-0.25, -0.2) is 4.79 Å². The standard InChI is InChI=1S/C18H31N5O4/c1-5-7-8-23-16(19)15(17(25)20-18(23)26)22(6-2)14(24)11-21-9-12(3)27-13(4)10-21/h12-13H,5-11,19H2,1-4H3,(H,20,25,26)/p+1/t12-,13-/m0/s1. The number of anilines is 2. The third-order valence-corrected chi connectivity index (χ3v) is 4.85. The molecule has 9 heteroatoms. The Kier molecular flexibility index (Phi) is 7.20. The number of carbonyl (C=O) groups excluding carboxylic acids is 1. The monoisotopic (exact) mass is 382 g/mol. The Morgan fingerprint density at radius 3 is 2.48 bits per heavy atom. The summed E-state index contributed by atoms with van der Waals surface area (Å²) in [7, 11) is 0. The first-order chi connectivity index (χ1) is 12.8. The lowest BCUT2D eigenvalue weighted by molar-refractivity contribution is -0.907. The molecule has 1 aromatic heterocycles. The Morgan fingerprint density at radius 1 is 1.30 bits per heavy atom. The van der Waals surface area contributed by atoms with E-state index in [0.717, 1.165) is 30.8 Å². The molecule has 1 amide bonds. The van der Waals surface area contributed by atoms with Crippen molar-refractivity contribution in [1.82, 2.24) is 9.55 Å². The number of hydrogen-bond donors (Lipinski definition) is 3. The minimum absolute atomic E-state index is 0.0473. The molecular weight excluding hydrogens is 350 g/mol. The van der Waals surface area contributed by atoms with Crippen LogP contribution in [0.3, 0.4) is 0 Å². The molecule has 0 radical (unpaired) electrons. The van der Waals surface area contributed by atoms with Crippen molar-refractivity contribution in [2.24, 2.45) is 0 Å². The summed E-state index contributed by atoms with van der Waals surface area (Å²) in [6.07, 6.45) is 1.80. The van der Waals surface area contributed by atoms with Crippen molar-refractivity contribution in [1.29, 1.82) is 0 Å². The predicted octanol–water partition coefficient (Wildman–Crippen LogP) is -1.04. The molecule has 1 aromatic rings. The summed E-state index contributed by atoms with van der Waals surface area (Å²) in [6.45, 7) is 10.2. The highest BCUT2D eigenvalue weighted by atomic mass is 16.5. The zero-order chi connectivity index (χ0) is 20.1. The van der Waals surface area contributed by atoms with Crippen LogP contribution in [-0.4, -0.2) is 53.8 Å². The molecule has 1 aliphatic heterocycles. The average molecular weight is 382 g/mol. The maximum atomic E-state index is 12.9. The van der Waals surface area contributed by atoms with Gasteiger partial charge in [-0.1, -0.05) is 13.3 Å². The highest BCUT2D eigenvalue weighted by Crippen LogP contribution is 2.16. The lowest BCUT2D eigenvalue weighted by atomic mass is 10.2. The molecule has 0 aromatic carbocycles. The fourth-order valence-electron chi connectivity index (χ4n) is 3.68. The normalized spacial score (nSPS) is 22.6. The van der Waals surface area contributed by atoms with Gasteiger partial charge in [-0.3, -0.25) is 24.0 Å². The van der Waals surface area contributed by atoms with Gasteiger partial charge in [-0.15, -0.1) is 0 Å². The van der Waals surface area contributed by atoms with Gasteiger partial charge in [0.15, 0.2) is 12.2 Å². The van der Waals surface area contributed by atoms with E-state index < -0.39 is 11.2 Å². The summed E-state index contributed by atoms with van der Waals surface area (Å²) in [6, 6.07) is 0. The highest BCUT2D eigenvalue weighted by Gasteiger charge is 2.30. The van der Waals surface area contributed by atoms with Crippen molar-refractivity contribution in [3.05, 3.63) is 20.8 Å². The molecule has 2 atom stereocenters. The van der Waals surface area contributed by atoms with Crippen molar-refractivity contribution >= 4 is 17.4 Å². The van der Waals surface area contributed by atoms with Crippen LogP contribution in [0.4, 0.5) is 11.5 Å². The molecule has 0 spiro atoms. The van der Waals surface area contributed by atoms with Gasteiger partial charge in [0.25, 0.3) is 11.5 Å². The number of amides is 1. The molecule has 152 valence electrons. The summed E-state index contributed by atoms with van der Waals surface area (Å²) in [5, 5.41) is 0. The van der Waals surface area contributed by atoms with Crippen molar-refractivity contribution < 1.29 is 14.4 Å². The van der Waals surface area contributed by atoms with Crippen LogP contribution in [-0.2, 0) is 16.1 Å². The molecule has 0 saturated carbocycles. The zero-order valence-corrected chi connectivity index (χ0v) is 16.7. The maximum Gasteiger partial charge on any atom is 0.330 e. The SMILES string of the molecule is CCCCn1c(N)c(N(CC)C(=O)C[NH+]2C[C@H](C)O[C@@H](C)C2)c(=O)[nH]c1=O. The van der Waals surface area contributed by atoms with Crippen LogP contribution >= 0.6 is 0 Å². The van der Waals surface area contributed by atoms with E-state index in [0.29, 0.717) is 13.1 Å². The fourth-order valence-corrected chi connectivity index (χ4v) is 3.68. The number of nitrogens with zero attached hydrogens (tertiary/aromatic N) is 2. The molecule has 2 rings (SSSR count). The fraction of sp³-hybridized carbons (Fsp3) is 0.722. The summed E-state index contributed by atoms with van der Waals surface area (Å²) in [5.74, 6) is -0.141. The quantitative estimate of drug-likeness (QED) is 0.557. The second-order valence-electron chi connectivity index (χ2n) is 7.23. The second-order valence-corrected chi connectivity index (χ2v) is 7.23. The van der Waals surface area contributed by atoms with Gasteiger partial charge >= 0.3 is 5.69 Å². The molecule has 2 heterocycles. The lowest BCUT2D eigenvalue weighted by Gasteiger charge is -2.33. The summed E-state index contributed by atoms with van der Waals surface area (Å²) < 4.78 is 7.05. The number of H-pyrrole nitrogens is 1. The van der Waals surface area contributed by atoms with Gasteiger partial charge in [0.05, 0.1) is 0 Å². The van der Waals surface area contributed by atoms with Gasteiger partial charge in [0.2, 0.25) is 0 Å². The van der Waals surface area contributed by atoms with E-state index in [-0.39, 0.29) is 36.2 Å². The lowest BCUT2D eigenvalue weighted by Crippen LogP contribution is -3.16. The van der Waals surface area contributed by atoms with Crippen LogP contribution in [0.1, 0.15) is 40.5 Å². The number of carbonyl (C=O) groups is 1. The maximum absolute atomic E-state index is 12.9. The van der Waals surface area contributed by atoms with E-state index in [1.54, 1.807) is 6.92 Å². The number of quaternary nitrogens is 1. The Balaban J connectivity index is 2.29. The van der Waals surface area contributed by atoms with Crippen LogP contribution < -0.4 is 26.8 Å². The number of ether oxygens (including phenoxy) is 1. The van der Waals surface area contributed by atoms with E-state index in [2.05, 4.69) is 4.98 Å². The number of likely N-dealkylation sites (N-methyl/N-ethyl adjacent to an activating group) is 1. The molecule has 1 aliphatic rings. The van der Waals surface area contributed by atoms with Crippen LogP contribution in [0, 0.1) is 0 Å². The van der Waals surface area contributed by atoms with Crippen molar-refractivity contribution in [2.75, 3.05) is 36.8 Å². The van der Waals surface area contributed by atoms with E-state index in [1.807, 2.05) is 20.8 Å². The molecule has 27 heavy (non-hydrogen) atoms. The number of unbranched alkanes of at least 4 members (excludes halogenated alkanes) is 1.